The van der Waals surface area contributed by atoms with E-state index in [2.05, 4.69) is 6.92 Å². The van der Waals surface area contributed by atoms with Crippen LogP contribution >= 0.6 is 0 Å². The molecule has 0 bridgehead atoms. The van der Waals surface area contributed by atoms with Crippen molar-refractivity contribution in [1.29, 1.82) is 0 Å². The van der Waals surface area contributed by atoms with Gasteiger partial charge in [0, 0.05) is 6.61 Å². The number of hydrogen-bond donors (Lipinski definition) is 1. The lowest BCUT2D eigenvalue weighted by molar-refractivity contribution is 0.282. The summed E-state index contributed by atoms with van der Waals surface area (Å²) in [6, 6.07) is 0. The fraction of sp³-hybridized carbons (Fsp3) is 1.00. The van der Waals surface area contributed by atoms with Crippen molar-refractivity contribution < 1.29 is 9.84 Å². The average molecular weight is 284 g/mol. The molecule has 1 saturated heterocycles. The molecule has 0 aromatic carbocycles. The Bertz CT molecular complexity index is 206. The van der Waals surface area contributed by atoms with Crippen LogP contribution in [0.15, 0.2) is 0 Å². The second kappa shape index (κ2) is 12.6. The minimum Gasteiger partial charge on any atom is -0.396 e. The third-order valence-electron chi connectivity index (χ3n) is 4.43. The van der Waals surface area contributed by atoms with E-state index in [1.807, 2.05) is 0 Å². The number of epoxide rings is 1. The maximum Gasteiger partial charge on any atom is 0.0841 e. The molecule has 2 nitrogen and oxygen atoms in total. The van der Waals surface area contributed by atoms with Crippen molar-refractivity contribution in [3.63, 3.8) is 0 Å². The Labute approximate surface area is 126 Å². The third-order valence-corrected chi connectivity index (χ3v) is 4.43. The van der Waals surface area contributed by atoms with Gasteiger partial charge < -0.3 is 9.84 Å². The molecule has 0 aliphatic carbocycles. The van der Waals surface area contributed by atoms with Crippen LogP contribution in [-0.4, -0.2) is 23.9 Å². The zero-order chi connectivity index (χ0) is 14.5. The van der Waals surface area contributed by atoms with Crippen molar-refractivity contribution in [3.8, 4) is 0 Å². The van der Waals surface area contributed by atoms with E-state index in [4.69, 9.17) is 9.84 Å². The molecule has 1 aliphatic heterocycles. The lowest BCUT2D eigenvalue weighted by atomic mass is 10.0. The van der Waals surface area contributed by atoms with Gasteiger partial charge in [-0.05, 0) is 19.3 Å². The molecule has 0 amide bonds. The van der Waals surface area contributed by atoms with Crippen LogP contribution in [0.4, 0.5) is 0 Å². The van der Waals surface area contributed by atoms with E-state index in [0.29, 0.717) is 18.8 Å². The van der Waals surface area contributed by atoms with E-state index in [0.717, 1.165) is 6.42 Å². The summed E-state index contributed by atoms with van der Waals surface area (Å²) in [5, 5.41) is 8.68. The summed E-state index contributed by atoms with van der Waals surface area (Å²) in [4.78, 5) is 0. The SMILES string of the molecule is CCCC[C@H]1O[C@H]1CCCCCCCCCCCCO. The number of aliphatic hydroxyl groups excluding tert-OH is 1. The van der Waals surface area contributed by atoms with Crippen molar-refractivity contribution in [2.24, 2.45) is 0 Å². The van der Waals surface area contributed by atoms with Crippen LogP contribution in [0.25, 0.3) is 0 Å². The van der Waals surface area contributed by atoms with E-state index < -0.39 is 0 Å². The van der Waals surface area contributed by atoms with Crippen LogP contribution < -0.4 is 0 Å². The zero-order valence-corrected chi connectivity index (χ0v) is 13.6. The van der Waals surface area contributed by atoms with Crippen LogP contribution in [0.1, 0.15) is 96.8 Å². The summed E-state index contributed by atoms with van der Waals surface area (Å²) in [6.07, 6.45) is 19.7. The Morgan fingerprint density at radius 1 is 0.650 bits per heavy atom. The predicted molar refractivity (Wildman–Crippen MR) is 86.1 cm³/mol. The van der Waals surface area contributed by atoms with Gasteiger partial charge in [-0.25, -0.2) is 0 Å². The first-order valence-electron chi connectivity index (χ1n) is 9.14. The highest BCUT2D eigenvalue weighted by molar-refractivity contribution is 4.84. The van der Waals surface area contributed by atoms with Gasteiger partial charge in [0.1, 0.15) is 0 Å². The summed E-state index contributed by atoms with van der Waals surface area (Å²) in [6.45, 7) is 2.62. The minimum absolute atomic E-state index is 0.365. The molecule has 2 heteroatoms. The van der Waals surface area contributed by atoms with E-state index in [-0.39, 0.29) is 0 Å². The molecule has 0 spiro atoms. The number of aliphatic hydroxyl groups is 1. The van der Waals surface area contributed by atoms with E-state index in [1.165, 1.54) is 83.5 Å². The van der Waals surface area contributed by atoms with Gasteiger partial charge in [0.05, 0.1) is 12.2 Å². The Hall–Kier alpha value is -0.0800. The number of rotatable bonds is 15. The first kappa shape index (κ1) is 18.0. The van der Waals surface area contributed by atoms with Gasteiger partial charge >= 0.3 is 0 Å². The minimum atomic E-state index is 0.365. The van der Waals surface area contributed by atoms with E-state index >= 15 is 0 Å². The molecular weight excluding hydrogens is 248 g/mol. The highest BCUT2D eigenvalue weighted by Gasteiger charge is 2.36. The molecule has 1 N–H and O–H groups in total. The fourth-order valence-electron chi connectivity index (χ4n) is 2.96. The number of unbranched alkanes of at least 4 members (excludes halogenated alkanes) is 10. The van der Waals surface area contributed by atoms with Gasteiger partial charge in [0.2, 0.25) is 0 Å². The van der Waals surface area contributed by atoms with Gasteiger partial charge in [0.25, 0.3) is 0 Å². The molecule has 0 radical (unpaired) electrons. The Morgan fingerprint density at radius 3 is 1.60 bits per heavy atom. The Balaban J connectivity index is 1.69. The van der Waals surface area contributed by atoms with Crippen molar-refractivity contribution >= 4 is 0 Å². The molecule has 1 rings (SSSR count). The van der Waals surface area contributed by atoms with Gasteiger partial charge in [-0.2, -0.15) is 0 Å². The maximum absolute atomic E-state index is 8.68. The quantitative estimate of drug-likeness (QED) is 0.330. The standard InChI is InChI=1S/C18H36O2/c1-2-3-14-17-18(20-17)15-12-10-8-6-4-5-7-9-11-13-16-19/h17-19H,2-16H2,1H3/t17-,18+/m1/s1. The topological polar surface area (TPSA) is 32.8 Å². The molecule has 120 valence electrons. The summed E-state index contributed by atoms with van der Waals surface area (Å²) in [5.41, 5.74) is 0. The Kier molecular flexibility index (Phi) is 11.4. The molecule has 0 aromatic heterocycles. The molecule has 0 unspecified atom stereocenters. The first-order chi connectivity index (χ1) is 9.88. The van der Waals surface area contributed by atoms with Gasteiger partial charge in [-0.3, -0.25) is 0 Å². The normalized spacial score (nSPS) is 21.3. The summed E-state index contributed by atoms with van der Waals surface area (Å²) in [5.74, 6) is 0. The van der Waals surface area contributed by atoms with E-state index in [1.54, 1.807) is 0 Å². The van der Waals surface area contributed by atoms with Crippen LogP contribution in [0.5, 0.6) is 0 Å². The fourth-order valence-corrected chi connectivity index (χ4v) is 2.96. The number of ether oxygens (including phenoxy) is 1. The molecular formula is C18H36O2. The molecule has 1 aliphatic rings. The first-order valence-corrected chi connectivity index (χ1v) is 9.14. The summed E-state index contributed by atoms with van der Waals surface area (Å²) in [7, 11) is 0. The molecule has 0 saturated carbocycles. The highest BCUT2D eigenvalue weighted by atomic mass is 16.6. The third kappa shape index (κ3) is 9.77. The Morgan fingerprint density at radius 2 is 1.10 bits per heavy atom. The van der Waals surface area contributed by atoms with Gasteiger partial charge in [-0.15, -0.1) is 0 Å². The second-order valence-corrected chi connectivity index (χ2v) is 6.40. The highest BCUT2D eigenvalue weighted by Crippen LogP contribution is 2.31. The molecule has 1 heterocycles. The molecule has 20 heavy (non-hydrogen) atoms. The second-order valence-electron chi connectivity index (χ2n) is 6.40. The van der Waals surface area contributed by atoms with Crippen LogP contribution in [-0.2, 0) is 4.74 Å². The predicted octanol–water partition coefficient (Wildman–Crippen LogP) is 5.23. The van der Waals surface area contributed by atoms with Crippen LogP contribution in [0.3, 0.4) is 0 Å². The lowest BCUT2D eigenvalue weighted by Gasteiger charge is -2.02. The molecule has 0 aromatic rings. The van der Waals surface area contributed by atoms with E-state index in [9.17, 15) is 0 Å². The van der Waals surface area contributed by atoms with Crippen molar-refractivity contribution in [2.75, 3.05) is 6.61 Å². The lowest BCUT2D eigenvalue weighted by Crippen LogP contribution is -1.94. The smallest absolute Gasteiger partial charge is 0.0841 e. The van der Waals surface area contributed by atoms with Gasteiger partial charge in [0.15, 0.2) is 0 Å². The van der Waals surface area contributed by atoms with Crippen LogP contribution in [0, 0.1) is 0 Å². The summed E-state index contributed by atoms with van der Waals surface area (Å²) >= 11 is 0. The van der Waals surface area contributed by atoms with Crippen molar-refractivity contribution in [2.45, 2.75) is 109 Å². The maximum atomic E-state index is 8.68. The zero-order valence-electron chi connectivity index (χ0n) is 13.6. The van der Waals surface area contributed by atoms with Crippen molar-refractivity contribution in [3.05, 3.63) is 0 Å². The molecule has 1 fully saturated rings. The molecule has 2 atom stereocenters. The average Bonchev–Trinajstić information content (AvgIpc) is 3.21. The van der Waals surface area contributed by atoms with Crippen molar-refractivity contribution in [1.82, 2.24) is 0 Å². The van der Waals surface area contributed by atoms with Crippen LogP contribution in [0.2, 0.25) is 0 Å². The summed E-state index contributed by atoms with van der Waals surface area (Å²) < 4.78 is 5.69. The van der Waals surface area contributed by atoms with Gasteiger partial charge in [-0.1, -0.05) is 77.6 Å². The monoisotopic (exact) mass is 284 g/mol. The number of hydrogen-bond acceptors (Lipinski definition) is 2. The largest absolute Gasteiger partial charge is 0.396 e.